The molecule has 0 unspecified atom stereocenters. The number of allylic oxidation sites excluding steroid dienone is 5. The predicted molar refractivity (Wildman–Crippen MR) is 96.7 cm³/mol. The topological polar surface area (TPSA) is 63.3 Å². The number of aryl methyl sites for hydroxylation is 1. The Balaban J connectivity index is 0.000000307. The van der Waals surface area contributed by atoms with Crippen LogP contribution in [0.1, 0.15) is 26.2 Å². The van der Waals surface area contributed by atoms with Gasteiger partial charge in [-0.05, 0) is 13.8 Å². The maximum absolute atomic E-state index is 10.4. The van der Waals surface area contributed by atoms with Crippen LogP contribution in [0.5, 0.6) is 0 Å². The van der Waals surface area contributed by atoms with Gasteiger partial charge < -0.3 is 9.52 Å². The second-order valence-electron chi connectivity index (χ2n) is 5.03. The molecule has 1 heterocycles. The van der Waals surface area contributed by atoms with Crippen LogP contribution < -0.4 is 0 Å². The normalized spacial score (nSPS) is 11.0. The Morgan fingerprint density at radius 2 is 2.04 bits per heavy atom. The molecule has 0 spiro atoms. The molecule has 0 aliphatic heterocycles. The molecule has 0 saturated heterocycles. The molecule has 1 aromatic heterocycles. The van der Waals surface area contributed by atoms with Crippen LogP contribution >= 0.6 is 0 Å². The first kappa shape index (κ1) is 19.2. The molecule has 0 saturated carbocycles. The summed E-state index contributed by atoms with van der Waals surface area (Å²) in [7, 11) is 0. The second kappa shape index (κ2) is 10.8. The fourth-order valence-corrected chi connectivity index (χ4v) is 1.89. The van der Waals surface area contributed by atoms with E-state index in [4.69, 9.17) is 9.52 Å². The van der Waals surface area contributed by atoms with E-state index in [2.05, 4.69) is 11.6 Å². The van der Waals surface area contributed by atoms with Gasteiger partial charge in [0.15, 0.2) is 5.89 Å². The van der Waals surface area contributed by atoms with Gasteiger partial charge >= 0.3 is 5.97 Å². The Morgan fingerprint density at radius 3 is 2.62 bits per heavy atom. The van der Waals surface area contributed by atoms with Crippen LogP contribution in [0.4, 0.5) is 0 Å². The number of benzene rings is 1. The molecule has 0 aliphatic rings. The first-order valence-corrected chi connectivity index (χ1v) is 7.70. The Morgan fingerprint density at radius 1 is 1.33 bits per heavy atom. The number of oxazole rings is 1. The number of carboxylic acid groups (broad SMARTS) is 1. The Hall–Kier alpha value is -2.88. The van der Waals surface area contributed by atoms with Crippen molar-refractivity contribution in [3.05, 3.63) is 78.9 Å². The Labute approximate surface area is 142 Å². The van der Waals surface area contributed by atoms with Gasteiger partial charge in [0.1, 0.15) is 12.0 Å². The lowest BCUT2D eigenvalue weighted by Gasteiger charge is -1.92. The molecule has 4 heteroatoms. The first-order chi connectivity index (χ1) is 11.6. The van der Waals surface area contributed by atoms with Gasteiger partial charge in [0.25, 0.3) is 0 Å². The molecule has 2 aromatic rings. The highest BCUT2D eigenvalue weighted by atomic mass is 16.4. The van der Waals surface area contributed by atoms with Crippen LogP contribution in [-0.4, -0.2) is 16.1 Å². The fourth-order valence-electron chi connectivity index (χ4n) is 1.89. The molecular weight excluding hydrogens is 302 g/mol. The van der Waals surface area contributed by atoms with Crippen molar-refractivity contribution in [1.82, 2.24) is 4.98 Å². The van der Waals surface area contributed by atoms with E-state index < -0.39 is 5.97 Å². The lowest BCUT2D eigenvalue weighted by Crippen LogP contribution is -1.97. The average molecular weight is 325 g/mol. The van der Waals surface area contributed by atoms with Crippen molar-refractivity contribution in [3.8, 4) is 11.3 Å². The van der Waals surface area contributed by atoms with Gasteiger partial charge in [0.2, 0.25) is 0 Å². The third-order valence-electron chi connectivity index (χ3n) is 2.98. The number of rotatable bonds is 6. The molecule has 2 rings (SSSR count). The summed E-state index contributed by atoms with van der Waals surface area (Å²) in [5, 5.41) is 8.53. The largest absolute Gasteiger partial charge is 0.481 e. The number of aliphatic carboxylic acids is 1. The first-order valence-electron chi connectivity index (χ1n) is 7.70. The molecule has 0 atom stereocenters. The lowest BCUT2D eigenvalue weighted by atomic mass is 10.2. The van der Waals surface area contributed by atoms with Gasteiger partial charge in [-0.2, -0.15) is 0 Å². The van der Waals surface area contributed by atoms with Crippen molar-refractivity contribution >= 4 is 5.97 Å². The number of hydrogen-bond donors (Lipinski definition) is 1. The quantitative estimate of drug-likeness (QED) is 0.755. The summed E-state index contributed by atoms with van der Waals surface area (Å²) in [5.41, 5.74) is 2.94. The highest BCUT2D eigenvalue weighted by molar-refractivity contribution is 5.67. The standard InChI is InChI=1S/C12H11NO3.C8H12/c14-12(15)7-6-11-13-10(8-16-11)9-4-2-1-3-5-9;1-4-6-8(3)7-5-2/h1-5,8H,6-7H2,(H,14,15);4-7H,1H2,2-3H3/b;7-5-,8-6-. The SMILES string of the molecule is C=C/C=C(C)\C=C/C.O=C(O)CCc1nc(-c2ccccc2)co1. The van der Waals surface area contributed by atoms with Crippen molar-refractivity contribution in [2.75, 3.05) is 0 Å². The summed E-state index contributed by atoms with van der Waals surface area (Å²) in [6, 6.07) is 9.62. The van der Waals surface area contributed by atoms with Crippen molar-refractivity contribution < 1.29 is 14.3 Å². The second-order valence-corrected chi connectivity index (χ2v) is 5.03. The maximum Gasteiger partial charge on any atom is 0.303 e. The summed E-state index contributed by atoms with van der Waals surface area (Å²) in [6.07, 6.45) is 9.72. The zero-order chi connectivity index (χ0) is 17.8. The van der Waals surface area contributed by atoms with E-state index in [0.29, 0.717) is 12.3 Å². The van der Waals surface area contributed by atoms with Crippen molar-refractivity contribution in [2.24, 2.45) is 0 Å². The van der Waals surface area contributed by atoms with Gasteiger partial charge in [0, 0.05) is 12.0 Å². The van der Waals surface area contributed by atoms with Gasteiger partial charge in [-0.25, -0.2) is 4.98 Å². The molecule has 0 fully saturated rings. The van der Waals surface area contributed by atoms with E-state index in [-0.39, 0.29) is 6.42 Å². The zero-order valence-corrected chi connectivity index (χ0v) is 14.1. The van der Waals surface area contributed by atoms with Crippen molar-refractivity contribution in [2.45, 2.75) is 26.7 Å². The van der Waals surface area contributed by atoms with E-state index in [0.717, 1.165) is 11.3 Å². The fraction of sp³-hybridized carbons (Fsp3) is 0.200. The van der Waals surface area contributed by atoms with Crippen LogP contribution in [0.2, 0.25) is 0 Å². The molecule has 24 heavy (non-hydrogen) atoms. The Kier molecular flexibility index (Phi) is 8.61. The highest BCUT2D eigenvalue weighted by Gasteiger charge is 2.07. The minimum Gasteiger partial charge on any atom is -0.481 e. The molecule has 1 N–H and O–H groups in total. The van der Waals surface area contributed by atoms with Gasteiger partial charge in [-0.3, -0.25) is 4.79 Å². The third-order valence-corrected chi connectivity index (χ3v) is 2.98. The molecule has 0 radical (unpaired) electrons. The molecule has 4 nitrogen and oxygen atoms in total. The van der Waals surface area contributed by atoms with Crippen LogP contribution in [-0.2, 0) is 11.2 Å². The predicted octanol–water partition coefficient (Wildman–Crippen LogP) is 5.05. The van der Waals surface area contributed by atoms with Crippen molar-refractivity contribution in [1.29, 1.82) is 0 Å². The van der Waals surface area contributed by atoms with Gasteiger partial charge in [0.05, 0.1) is 6.42 Å². The number of aromatic nitrogens is 1. The zero-order valence-electron chi connectivity index (χ0n) is 14.1. The molecular formula is C20H23NO3. The minimum absolute atomic E-state index is 0.0365. The average Bonchev–Trinajstić information content (AvgIpc) is 3.04. The van der Waals surface area contributed by atoms with Gasteiger partial charge in [-0.1, -0.05) is 66.8 Å². The summed E-state index contributed by atoms with van der Waals surface area (Å²) in [5.74, 6) is -0.388. The van der Waals surface area contributed by atoms with E-state index in [1.807, 2.05) is 62.4 Å². The smallest absolute Gasteiger partial charge is 0.303 e. The van der Waals surface area contributed by atoms with Crippen LogP contribution in [0, 0.1) is 0 Å². The van der Waals surface area contributed by atoms with Crippen molar-refractivity contribution in [3.63, 3.8) is 0 Å². The van der Waals surface area contributed by atoms with E-state index in [1.165, 1.54) is 5.57 Å². The molecule has 1 aromatic carbocycles. The maximum atomic E-state index is 10.4. The molecule has 0 aliphatic carbocycles. The van der Waals surface area contributed by atoms with Crippen LogP contribution in [0.3, 0.4) is 0 Å². The minimum atomic E-state index is -0.848. The van der Waals surface area contributed by atoms with E-state index in [9.17, 15) is 4.79 Å². The number of hydrogen-bond acceptors (Lipinski definition) is 3. The highest BCUT2D eigenvalue weighted by Crippen LogP contribution is 2.18. The summed E-state index contributed by atoms with van der Waals surface area (Å²) in [4.78, 5) is 14.6. The molecule has 126 valence electrons. The van der Waals surface area contributed by atoms with Crippen LogP contribution in [0.15, 0.2) is 77.5 Å². The number of carbonyl (C=O) groups is 1. The molecule has 0 amide bonds. The van der Waals surface area contributed by atoms with E-state index >= 15 is 0 Å². The monoisotopic (exact) mass is 325 g/mol. The van der Waals surface area contributed by atoms with E-state index in [1.54, 1.807) is 12.3 Å². The third kappa shape index (κ3) is 7.40. The number of carboxylic acids is 1. The summed E-state index contributed by atoms with van der Waals surface area (Å²) in [6.45, 7) is 7.62. The lowest BCUT2D eigenvalue weighted by molar-refractivity contribution is -0.137. The van der Waals surface area contributed by atoms with Gasteiger partial charge in [-0.15, -0.1) is 0 Å². The molecule has 0 bridgehead atoms. The van der Waals surface area contributed by atoms with Crippen LogP contribution in [0.25, 0.3) is 11.3 Å². The summed E-state index contributed by atoms with van der Waals surface area (Å²) < 4.78 is 5.20. The number of nitrogens with zero attached hydrogens (tertiary/aromatic N) is 1. The Bertz CT molecular complexity index is 697. The summed E-state index contributed by atoms with van der Waals surface area (Å²) >= 11 is 0.